The van der Waals surface area contributed by atoms with Gasteiger partial charge in [0.15, 0.2) is 8.38 Å². The lowest BCUT2D eigenvalue weighted by molar-refractivity contribution is 0.413. The minimum Gasteiger partial charge on any atom is -0.496 e. The molecule has 1 aromatic rings. The highest BCUT2D eigenvalue weighted by atomic mass is 31.2. The number of methoxy groups -OCH3 is 1. The van der Waals surface area contributed by atoms with E-state index in [1.807, 2.05) is 39.8 Å². The predicted molar refractivity (Wildman–Crippen MR) is 84.0 cm³/mol. The zero-order valence-corrected chi connectivity index (χ0v) is 13.3. The first kappa shape index (κ1) is 20.4. The molecule has 0 saturated heterocycles. The SMILES string of the molecule is CC.CC.COc1ccc(CN)cc1/C=C/P(O)O. The molecule has 0 atom stereocenters. The van der Waals surface area contributed by atoms with Crippen LogP contribution in [0.4, 0.5) is 0 Å². The molecule has 19 heavy (non-hydrogen) atoms. The highest BCUT2D eigenvalue weighted by Gasteiger charge is 2.01. The van der Waals surface area contributed by atoms with Gasteiger partial charge in [-0.1, -0.05) is 33.8 Å². The molecule has 0 unspecified atom stereocenters. The van der Waals surface area contributed by atoms with Crippen LogP contribution in [0.15, 0.2) is 24.0 Å². The van der Waals surface area contributed by atoms with Crippen LogP contribution in [-0.2, 0) is 6.54 Å². The average molecular weight is 287 g/mol. The van der Waals surface area contributed by atoms with E-state index >= 15 is 0 Å². The molecule has 1 rings (SSSR count). The Labute approximate surface area is 117 Å². The van der Waals surface area contributed by atoms with Gasteiger partial charge in [0.2, 0.25) is 0 Å². The molecule has 0 aliphatic heterocycles. The predicted octanol–water partition coefficient (Wildman–Crippen LogP) is 3.47. The van der Waals surface area contributed by atoms with Gasteiger partial charge in [-0.3, -0.25) is 0 Å². The normalized spacial score (nSPS) is 9.53. The summed E-state index contributed by atoms with van der Waals surface area (Å²) >= 11 is 0. The minimum absolute atomic E-state index is 0.442. The van der Waals surface area contributed by atoms with E-state index in [4.69, 9.17) is 20.3 Å². The van der Waals surface area contributed by atoms with Gasteiger partial charge in [0.05, 0.1) is 7.11 Å². The van der Waals surface area contributed by atoms with E-state index in [0.717, 1.165) is 11.1 Å². The maximum atomic E-state index is 8.77. The molecule has 0 aromatic heterocycles. The van der Waals surface area contributed by atoms with Crippen LogP contribution in [-0.4, -0.2) is 16.9 Å². The molecule has 0 spiro atoms. The molecule has 0 fully saturated rings. The van der Waals surface area contributed by atoms with Crippen LogP contribution < -0.4 is 10.5 Å². The number of benzene rings is 1. The summed E-state index contributed by atoms with van der Waals surface area (Å²) in [5, 5.41) is 0. The van der Waals surface area contributed by atoms with Crippen molar-refractivity contribution in [1.82, 2.24) is 0 Å². The van der Waals surface area contributed by atoms with Gasteiger partial charge in [-0.05, 0) is 29.6 Å². The monoisotopic (exact) mass is 287 g/mol. The molecule has 4 nitrogen and oxygen atoms in total. The second-order valence-electron chi connectivity index (χ2n) is 2.92. The number of ether oxygens (including phenoxy) is 1. The Hall–Kier alpha value is -0.930. The summed E-state index contributed by atoms with van der Waals surface area (Å²) in [4.78, 5) is 17.5. The maximum Gasteiger partial charge on any atom is 0.191 e. The lowest BCUT2D eigenvalue weighted by Gasteiger charge is -2.06. The van der Waals surface area contributed by atoms with E-state index in [2.05, 4.69) is 0 Å². The molecule has 4 N–H and O–H groups in total. The summed E-state index contributed by atoms with van der Waals surface area (Å²) < 4.78 is 5.13. The van der Waals surface area contributed by atoms with Gasteiger partial charge in [0, 0.05) is 12.1 Å². The molecular weight excluding hydrogens is 261 g/mol. The van der Waals surface area contributed by atoms with Crippen LogP contribution in [0.25, 0.3) is 6.08 Å². The first-order chi connectivity index (χ1) is 9.17. The van der Waals surface area contributed by atoms with Gasteiger partial charge in [0.1, 0.15) is 5.75 Å². The first-order valence-electron chi connectivity index (χ1n) is 6.39. The molecule has 0 heterocycles. The van der Waals surface area contributed by atoms with E-state index in [9.17, 15) is 0 Å². The third kappa shape index (κ3) is 8.73. The van der Waals surface area contributed by atoms with Crippen LogP contribution in [0.3, 0.4) is 0 Å². The number of nitrogens with two attached hydrogens (primary N) is 1. The van der Waals surface area contributed by atoms with Crippen molar-refractivity contribution in [3.63, 3.8) is 0 Å². The van der Waals surface area contributed by atoms with E-state index < -0.39 is 8.38 Å². The molecule has 0 radical (unpaired) electrons. The molecule has 5 heteroatoms. The van der Waals surface area contributed by atoms with Crippen molar-refractivity contribution in [2.45, 2.75) is 34.2 Å². The quantitative estimate of drug-likeness (QED) is 0.741. The summed E-state index contributed by atoms with van der Waals surface area (Å²) in [7, 11) is -0.458. The van der Waals surface area contributed by atoms with Gasteiger partial charge in [-0.15, -0.1) is 0 Å². The van der Waals surface area contributed by atoms with Gasteiger partial charge < -0.3 is 20.3 Å². The average Bonchev–Trinajstić information content (AvgIpc) is 2.48. The summed E-state index contributed by atoms with van der Waals surface area (Å²) in [5.41, 5.74) is 7.26. The second kappa shape index (κ2) is 13.5. The van der Waals surface area contributed by atoms with E-state index in [1.165, 1.54) is 5.82 Å². The van der Waals surface area contributed by atoms with Crippen molar-refractivity contribution < 1.29 is 14.5 Å². The van der Waals surface area contributed by atoms with Crippen LogP contribution in [0.1, 0.15) is 38.8 Å². The van der Waals surface area contributed by atoms with Crippen molar-refractivity contribution in [1.29, 1.82) is 0 Å². The Kier molecular flexibility index (Phi) is 14.5. The van der Waals surface area contributed by atoms with Gasteiger partial charge in [0.25, 0.3) is 0 Å². The zero-order chi connectivity index (χ0) is 15.3. The molecule has 0 amide bonds. The Morgan fingerprint density at radius 2 is 1.79 bits per heavy atom. The molecule has 0 aliphatic rings. The lowest BCUT2D eigenvalue weighted by atomic mass is 10.1. The Morgan fingerprint density at radius 1 is 1.21 bits per heavy atom. The van der Waals surface area contributed by atoms with Gasteiger partial charge in [-0.25, -0.2) is 0 Å². The van der Waals surface area contributed by atoms with Crippen molar-refractivity contribution in [2.24, 2.45) is 5.73 Å². The minimum atomic E-state index is -2.02. The van der Waals surface area contributed by atoms with Crippen LogP contribution >= 0.6 is 8.38 Å². The number of rotatable bonds is 4. The number of hydrogen-bond donors (Lipinski definition) is 3. The smallest absolute Gasteiger partial charge is 0.191 e. The fourth-order valence-corrected chi connectivity index (χ4v) is 1.48. The Bertz CT molecular complexity index is 355. The van der Waals surface area contributed by atoms with Crippen LogP contribution in [0, 0.1) is 0 Å². The Morgan fingerprint density at radius 3 is 2.21 bits per heavy atom. The van der Waals surface area contributed by atoms with Crippen molar-refractivity contribution in [3.05, 3.63) is 35.1 Å². The summed E-state index contributed by atoms with van der Waals surface area (Å²) in [6.07, 6.45) is 1.61. The van der Waals surface area contributed by atoms with Crippen LogP contribution in [0.2, 0.25) is 0 Å². The van der Waals surface area contributed by atoms with E-state index in [1.54, 1.807) is 19.3 Å². The summed E-state index contributed by atoms with van der Waals surface area (Å²) in [5.74, 6) is 2.01. The topological polar surface area (TPSA) is 75.7 Å². The van der Waals surface area contributed by atoms with E-state index in [0.29, 0.717) is 12.3 Å². The summed E-state index contributed by atoms with van der Waals surface area (Å²) in [6, 6.07) is 5.53. The number of hydrogen-bond acceptors (Lipinski definition) is 4. The fraction of sp³-hybridized carbons (Fsp3) is 0.429. The fourth-order valence-electron chi connectivity index (χ4n) is 1.19. The third-order valence-corrected chi connectivity index (χ3v) is 2.33. The van der Waals surface area contributed by atoms with Crippen molar-refractivity contribution >= 4 is 14.5 Å². The zero-order valence-electron chi connectivity index (χ0n) is 12.4. The largest absolute Gasteiger partial charge is 0.496 e. The highest BCUT2D eigenvalue weighted by Crippen LogP contribution is 2.28. The Balaban J connectivity index is 0. The molecule has 0 saturated carbocycles. The molecular formula is C14H26NO3P. The molecule has 0 aliphatic carbocycles. The first-order valence-corrected chi connectivity index (χ1v) is 7.71. The second-order valence-corrected chi connectivity index (χ2v) is 3.86. The van der Waals surface area contributed by atoms with Crippen molar-refractivity contribution in [2.75, 3.05) is 7.11 Å². The highest BCUT2D eigenvalue weighted by molar-refractivity contribution is 7.48. The van der Waals surface area contributed by atoms with Crippen molar-refractivity contribution in [3.8, 4) is 5.75 Å². The standard InChI is InChI=1S/C10H14NO3P.2C2H6/c1-14-10-3-2-8(7-11)6-9(10)4-5-15(12)13;2*1-2/h2-6,12-13H,7,11H2,1H3;2*1-2H3/b5-4+;;. The molecule has 1 aromatic carbocycles. The molecule has 110 valence electrons. The molecule has 0 bridgehead atoms. The maximum absolute atomic E-state index is 8.77. The van der Waals surface area contributed by atoms with Gasteiger partial charge in [-0.2, -0.15) is 0 Å². The summed E-state index contributed by atoms with van der Waals surface area (Å²) in [6.45, 7) is 8.44. The van der Waals surface area contributed by atoms with Crippen LogP contribution in [0.5, 0.6) is 5.75 Å². The third-order valence-electron chi connectivity index (χ3n) is 1.92. The van der Waals surface area contributed by atoms with Gasteiger partial charge >= 0.3 is 0 Å². The lowest BCUT2D eigenvalue weighted by Crippen LogP contribution is -1.97. The van der Waals surface area contributed by atoms with E-state index in [-0.39, 0.29) is 0 Å².